The largest absolute Gasteiger partial charge is 0.390 e. The molecule has 0 aromatic heterocycles. The number of amides is 1. The van der Waals surface area contributed by atoms with Gasteiger partial charge in [-0.25, -0.2) is 17.2 Å². The number of aryl methyl sites for hydroxylation is 1. The molecule has 0 aliphatic carbocycles. The van der Waals surface area contributed by atoms with Gasteiger partial charge in [-0.1, -0.05) is 55.5 Å². The SMILES string of the molecule is CCc1cccc(CNC[C@@H](O)[C@H](Cc2cc(F)cc(F)c2)NC(=O)c2cccc(NS(=O)(=O)c3ccccc3)c2)c1. The van der Waals surface area contributed by atoms with Crippen molar-refractivity contribution in [2.45, 2.75) is 43.4 Å². The van der Waals surface area contributed by atoms with E-state index in [1.807, 2.05) is 18.2 Å². The summed E-state index contributed by atoms with van der Waals surface area (Å²) in [5.74, 6) is -2.12. The lowest BCUT2D eigenvalue weighted by atomic mass is 10.00. The molecule has 220 valence electrons. The molecule has 0 radical (unpaired) electrons. The number of aliphatic hydroxyl groups excluding tert-OH is 1. The second-order valence-corrected chi connectivity index (χ2v) is 11.6. The van der Waals surface area contributed by atoms with E-state index in [0.29, 0.717) is 6.54 Å². The summed E-state index contributed by atoms with van der Waals surface area (Å²) in [4.78, 5) is 13.3. The molecule has 1 amide bonds. The second kappa shape index (κ2) is 14.2. The smallest absolute Gasteiger partial charge is 0.261 e. The van der Waals surface area contributed by atoms with Gasteiger partial charge in [0.2, 0.25) is 0 Å². The lowest BCUT2D eigenvalue weighted by Crippen LogP contribution is -2.48. The number of hydrogen-bond donors (Lipinski definition) is 4. The first-order valence-electron chi connectivity index (χ1n) is 13.5. The molecule has 4 N–H and O–H groups in total. The van der Waals surface area contributed by atoms with Crippen LogP contribution in [0.5, 0.6) is 0 Å². The zero-order valence-corrected chi connectivity index (χ0v) is 23.9. The summed E-state index contributed by atoms with van der Waals surface area (Å²) in [6.45, 7) is 2.63. The van der Waals surface area contributed by atoms with Crippen molar-refractivity contribution >= 4 is 21.6 Å². The van der Waals surface area contributed by atoms with Gasteiger partial charge in [0.25, 0.3) is 15.9 Å². The monoisotopic (exact) mass is 593 g/mol. The summed E-state index contributed by atoms with van der Waals surface area (Å²) < 4.78 is 55.7. The van der Waals surface area contributed by atoms with Gasteiger partial charge in [0.05, 0.1) is 17.0 Å². The fourth-order valence-corrected chi connectivity index (χ4v) is 5.59. The molecule has 0 saturated heterocycles. The molecular formula is C32H33F2N3O4S. The lowest BCUT2D eigenvalue weighted by Gasteiger charge is -2.25. The van der Waals surface area contributed by atoms with E-state index in [0.717, 1.165) is 30.2 Å². The molecule has 42 heavy (non-hydrogen) atoms. The Hall–Kier alpha value is -4.12. The van der Waals surface area contributed by atoms with Crippen LogP contribution in [0, 0.1) is 11.6 Å². The molecule has 7 nitrogen and oxygen atoms in total. The van der Waals surface area contributed by atoms with E-state index in [9.17, 15) is 27.1 Å². The van der Waals surface area contributed by atoms with Gasteiger partial charge in [-0.2, -0.15) is 0 Å². The first-order chi connectivity index (χ1) is 20.1. The minimum atomic E-state index is -3.88. The molecule has 4 aromatic carbocycles. The van der Waals surface area contributed by atoms with E-state index >= 15 is 0 Å². The highest BCUT2D eigenvalue weighted by molar-refractivity contribution is 7.92. The van der Waals surface area contributed by atoms with Gasteiger partial charge < -0.3 is 15.7 Å². The van der Waals surface area contributed by atoms with E-state index < -0.39 is 39.7 Å². The highest BCUT2D eigenvalue weighted by Gasteiger charge is 2.23. The summed E-state index contributed by atoms with van der Waals surface area (Å²) in [6, 6.07) is 23.9. The van der Waals surface area contributed by atoms with E-state index in [2.05, 4.69) is 28.3 Å². The third-order valence-corrected chi connectivity index (χ3v) is 8.07. The summed E-state index contributed by atoms with van der Waals surface area (Å²) in [5.41, 5.74) is 2.78. The van der Waals surface area contributed by atoms with Crippen molar-refractivity contribution in [1.29, 1.82) is 0 Å². The normalized spacial score (nSPS) is 12.9. The third kappa shape index (κ3) is 8.69. The molecule has 0 fully saturated rings. The van der Waals surface area contributed by atoms with Gasteiger partial charge in [-0.05, 0) is 72.0 Å². The molecule has 0 unspecified atom stereocenters. The van der Waals surface area contributed by atoms with Crippen molar-refractivity contribution in [2.24, 2.45) is 0 Å². The number of aliphatic hydroxyl groups is 1. The predicted molar refractivity (Wildman–Crippen MR) is 159 cm³/mol. The topological polar surface area (TPSA) is 108 Å². The maximum atomic E-state index is 13.9. The number of benzene rings is 4. The van der Waals surface area contributed by atoms with Gasteiger partial charge in [-0.3, -0.25) is 9.52 Å². The Morgan fingerprint density at radius 1 is 0.833 bits per heavy atom. The number of carbonyl (C=O) groups is 1. The fraction of sp³-hybridized carbons (Fsp3) is 0.219. The summed E-state index contributed by atoms with van der Waals surface area (Å²) in [7, 11) is -3.88. The quantitative estimate of drug-likeness (QED) is 0.178. The fourth-order valence-electron chi connectivity index (χ4n) is 4.52. The molecule has 0 heterocycles. The highest BCUT2D eigenvalue weighted by Crippen LogP contribution is 2.18. The van der Waals surface area contributed by atoms with E-state index in [1.165, 1.54) is 42.0 Å². The van der Waals surface area contributed by atoms with Crippen LogP contribution in [0.15, 0.2) is 102 Å². The summed E-state index contributed by atoms with van der Waals surface area (Å²) in [5, 5.41) is 17.0. The predicted octanol–water partition coefficient (Wildman–Crippen LogP) is 4.82. The maximum Gasteiger partial charge on any atom is 0.261 e. The average Bonchev–Trinajstić information content (AvgIpc) is 2.96. The molecule has 0 saturated carbocycles. The van der Waals surface area contributed by atoms with Crippen molar-refractivity contribution in [3.8, 4) is 0 Å². The van der Waals surface area contributed by atoms with Crippen molar-refractivity contribution in [3.63, 3.8) is 0 Å². The summed E-state index contributed by atoms with van der Waals surface area (Å²) >= 11 is 0. The molecule has 0 bridgehead atoms. The van der Waals surface area contributed by atoms with Gasteiger partial charge in [0.15, 0.2) is 0 Å². The van der Waals surface area contributed by atoms with Crippen LogP contribution in [-0.4, -0.2) is 38.1 Å². The first-order valence-corrected chi connectivity index (χ1v) is 15.0. The molecule has 0 aliphatic rings. The number of hydrogen-bond acceptors (Lipinski definition) is 5. The third-order valence-electron chi connectivity index (χ3n) is 6.67. The van der Waals surface area contributed by atoms with E-state index in [4.69, 9.17) is 0 Å². The number of sulfonamides is 1. The lowest BCUT2D eigenvalue weighted by molar-refractivity contribution is 0.0830. The standard InChI is InChI=1S/C32H33F2N3O4S/c1-2-22-8-6-9-23(14-22)20-35-21-31(38)30(17-24-15-26(33)19-27(34)16-24)36-32(39)25-10-7-11-28(18-25)37-42(40,41)29-12-4-3-5-13-29/h3-16,18-19,30-31,35,37-38H,2,17,20-21H2,1H3,(H,36,39)/t30-,31+/m0/s1. The highest BCUT2D eigenvalue weighted by atomic mass is 32.2. The van der Waals surface area contributed by atoms with Crippen LogP contribution >= 0.6 is 0 Å². The van der Waals surface area contributed by atoms with Gasteiger partial charge >= 0.3 is 0 Å². The maximum absolute atomic E-state index is 13.9. The van der Waals surface area contributed by atoms with Crippen molar-refractivity contribution < 1.29 is 27.1 Å². The first kappa shape index (κ1) is 30.8. The van der Waals surface area contributed by atoms with Crippen LogP contribution in [0.25, 0.3) is 0 Å². The molecule has 0 aliphatic heterocycles. The Labute approximate surface area is 244 Å². The molecule has 4 aromatic rings. The van der Waals surface area contributed by atoms with Crippen molar-refractivity contribution in [3.05, 3.63) is 131 Å². The Morgan fingerprint density at radius 2 is 1.52 bits per heavy atom. The van der Waals surface area contributed by atoms with Gasteiger partial charge in [0, 0.05) is 30.4 Å². The Kier molecular flexibility index (Phi) is 10.4. The Bertz CT molecular complexity index is 1600. The van der Waals surface area contributed by atoms with Crippen LogP contribution in [0.2, 0.25) is 0 Å². The van der Waals surface area contributed by atoms with Crippen LogP contribution < -0.4 is 15.4 Å². The zero-order valence-electron chi connectivity index (χ0n) is 23.1. The number of carbonyl (C=O) groups excluding carboxylic acids is 1. The second-order valence-electron chi connectivity index (χ2n) is 9.93. The van der Waals surface area contributed by atoms with Gasteiger partial charge in [-0.15, -0.1) is 0 Å². The minimum absolute atomic E-state index is 0.0467. The number of anilines is 1. The number of nitrogens with one attached hydrogen (secondary N) is 3. The number of rotatable bonds is 13. The Balaban J connectivity index is 1.48. The van der Waals surface area contributed by atoms with Crippen LogP contribution in [-0.2, 0) is 29.4 Å². The number of halogens is 2. The van der Waals surface area contributed by atoms with E-state index in [1.54, 1.807) is 18.2 Å². The molecule has 10 heteroatoms. The average molecular weight is 594 g/mol. The van der Waals surface area contributed by atoms with E-state index in [-0.39, 0.29) is 34.7 Å². The minimum Gasteiger partial charge on any atom is -0.390 e. The molecule has 2 atom stereocenters. The summed E-state index contributed by atoms with van der Waals surface area (Å²) in [6.07, 6.45) is -0.270. The van der Waals surface area contributed by atoms with Crippen LogP contribution in [0.1, 0.15) is 34.0 Å². The van der Waals surface area contributed by atoms with Gasteiger partial charge in [0.1, 0.15) is 11.6 Å². The van der Waals surface area contributed by atoms with Crippen molar-refractivity contribution in [2.75, 3.05) is 11.3 Å². The Morgan fingerprint density at radius 3 is 2.24 bits per heavy atom. The molecule has 0 spiro atoms. The molecule has 4 rings (SSSR count). The molecular weight excluding hydrogens is 560 g/mol. The van der Waals surface area contributed by atoms with Crippen LogP contribution in [0.4, 0.5) is 14.5 Å². The zero-order chi connectivity index (χ0) is 30.1. The van der Waals surface area contributed by atoms with Crippen LogP contribution in [0.3, 0.4) is 0 Å². The van der Waals surface area contributed by atoms with Crippen molar-refractivity contribution in [1.82, 2.24) is 10.6 Å².